The Labute approximate surface area is 200 Å². The number of morpholine rings is 1. The fourth-order valence-electron chi connectivity index (χ4n) is 4.67. The third kappa shape index (κ3) is 4.86. The Hall–Kier alpha value is -3.16. The summed E-state index contributed by atoms with van der Waals surface area (Å²) in [5, 5.41) is 11.3. The Morgan fingerprint density at radius 1 is 1.06 bits per heavy atom. The maximum atomic E-state index is 13.2. The van der Waals surface area contributed by atoms with E-state index < -0.39 is 17.7 Å². The molecular weight excluding hydrogens is 432 g/mol. The van der Waals surface area contributed by atoms with Crippen LogP contribution in [0.2, 0.25) is 0 Å². The molecule has 0 unspecified atom stereocenters. The number of Topliss-reactive ketones (excluding diaryl/α,β-unsaturated/α-hetero) is 1. The van der Waals surface area contributed by atoms with E-state index in [4.69, 9.17) is 9.47 Å². The van der Waals surface area contributed by atoms with E-state index in [-0.39, 0.29) is 11.3 Å². The zero-order chi connectivity index (χ0) is 24.2. The first-order valence-electron chi connectivity index (χ1n) is 11.7. The van der Waals surface area contributed by atoms with Crippen LogP contribution < -0.4 is 4.74 Å². The molecule has 0 spiro atoms. The molecule has 7 heteroatoms. The van der Waals surface area contributed by atoms with Gasteiger partial charge < -0.3 is 19.5 Å². The van der Waals surface area contributed by atoms with Crippen LogP contribution in [-0.4, -0.2) is 73.1 Å². The van der Waals surface area contributed by atoms with Crippen LogP contribution in [-0.2, 0) is 14.3 Å². The number of carbonyl (C=O) groups excluding carboxylic acids is 2. The zero-order valence-electron chi connectivity index (χ0n) is 20.0. The number of rotatable bonds is 7. The fourth-order valence-corrected chi connectivity index (χ4v) is 4.67. The van der Waals surface area contributed by atoms with Gasteiger partial charge in [-0.25, -0.2) is 0 Å². The lowest BCUT2D eigenvalue weighted by atomic mass is 9.93. The van der Waals surface area contributed by atoms with Crippen molar-refractivity contribution in [2.75, 3.05) is 46.5 Å². The molecule has 0 aromatic heterocycles. The van der Waals surface area contributed by atoms with Gasteiger partial charge in [-0.05, 0) is 49.6 Å². The summed E-state index contributed by atoms with van der Waals surface area (Å²) in [5.41, 5.74) is 3.28. The number of aryl methyl sites for hydroxylation is 2. The lowest BCUT2D eigenvalue weighted by Crippen LogP contribution is -2.38. The second-order valence-electron chi connectivity index (χ2n) is 8.89. The average Bonchev–Trinajstić information content (AvgIpc) is 3.11. The summed E-state index contributed by atoms with van der Waals surface area (Å²) in [6.07, 6.45) is 0.725. The molecule has 2 aromatic carbocycles. The molecule has 0 aliphatic carbocycles. The zero-order valence-corrected chi connectivity index (χ0v) is 20.0. The summed E-state index contributed by atoms with van der Waals surface area (Å²) >= 11 is 0. The van der Waals surface area contributed by atoms with Crippen molar-refractivity contribution < 1.29 is 24.2 Å². The van der Waals surface area contributed by atoms with E-state index in [1.165, 1.54) is 0 Å². The van der Waals surface area contributed by atoms with Gasteiger partial charge in [0.25, 0.3) is 11.7 Å². The van der Waals surface area contributed by atoms with Crippen molar-refractivity contribution in [2.45, 2.75) is 26.3 Å². The van der Waals surface area contributed by atoms with Crippen LogP contribution in [0.5, 0.6) is 5.75 Å². The van der Waals surface area contributed by atoms with E-state index in [9.17, 15) is 14.7 Å². The molecule has 7 nitrogen and oxygen atoms in total. The molecule has 0 radical (unpaired) electrons. The molecule has 180 valence electrons. The highest BCUT2D eigenvalue weighted by Crippen LogP contribution is 2.40. The highest BCUT2D eigenvalue weighted by molar-refractivity contribution is 6.46. The molecule has 2 fully saturated rings. The number of nitrogens with zero attached hydrogens (tertiary/aromatic N) is 2. The highest BCUT2D eigenvalue weighted by atomic mass is 16.5. The lowest BCUT2D eigenvalue weighted by Gasteiger charge is -2.29. The van der Waals surface area contributed by atoms with Crippen molar-refractivity contribution in [3.63, 3.8) is 0 Å². The fraction of sp³-hybridized carbons (Fsp3) is 0.407. The van der Waals surface area contributed by atoms with Gasteiger partial charge in [-0.2, -0.15) is 0 Å². The van der Waals surface area contributed by atoms with E-state index in [2.05, 4.69) is 4.90 Å². The SMILES string of the molecule is COc1ccc([C@H]2C(=C(O)c3cc(C)ccc3C)C(=O)C(=O)N2CCCN2CCOCC2)cc1. The third-order valence-corrected chi connectivity index (χ3v) is 6.60. The van der Waals surface area contributed by atoms with Crippen LogP contribution in [0.4, 0.5) is 0 Å². The molecule has 2 aromatic rings. The second-order valence-corrected chi connectivity index (χ2v) is 8.89. The van der Waals surface area contributed by atoms with Gasteiger partial charge in [-0.3, -0.25) is 14.5 Å². The quantitative estimate of drug-likeness (QED) is 0.384. The number of hydrogen-bond acceptors (Lipinski definition) is 6. The molecule has 34 heavy (non-hydrogen) atoms. The van der Waals surface area contributed by atoms with Crippen molar-refractivity contribution in [2.24, 2.45) is 0 Å². The summed E-state index contributed by atoms with van der Waals surface area (Å²) in [4.78, 5) is 30.3. The molecular formula is C27H32N2O5. The molecule has 2 aliphatic rings. The second kappa shape index (κ2) is 10.4. The number of benzene rings is 2. The number of ether oxygens (including phenoxy) is 2. The average molecular weight is 465 g/mol. The van der Waals surface area contributed by atoms with Crippen LogP contribution in [0.3, 0.4) is 0 Å². The third-order valence-electron chi connectivity index (χ3n) is 6.60. The van der Waals surface area contributed by atoms with Gasteiger partial charge >= 0.3 is 0 Å². The molecule has 0 saturated carbocycles. The van der Waals surface area contributed by atoms with E-state index in [1.807, 2.05) is 44.2 Å². The van der Waals surface area contributed by atoms with Gasteiger partial charge in [0.1, 0.15) is 11.5 Å². The molecule has 0 bridgehead atoms. The predicted molar refractivity (Wildman–Crippen MR) is 130 cm³/mol. The summed E-state index contributed by atoms with van der Waals surface area (Å²) < 4.78 is 10.7. The van der Waals surface area contributed by atoms with Gasteiger partial charge in [-0.15, -0.1) is 0 Å². The number of likely N-dealkylation sites (tertiary alicyclic amines) is 1. The number of ketones is 1. The van der Waals surface area contributed by atoms with Gasteiger partial charge in [-0.1, -0.05) is 29.8 Å². The largest absolute Gasteiger partial charge is 0.507 e. The normalized spacial score (nSPS) is 20.7. The predicted octanol–water partition coefficient (Wildman–Crippen LogP) is 3.46. The van der Waals surface area contributed by atoms with E-state index >= 15 is 0 Å². The molecule has 1 amide bonds. The van der Waals surface area contributed by atoms with Gasteiger partial charge in [0.05, 0.1) is 31.9 Å². The number of amides is 1. The number of hydrogen-bond donors (Lipinski definition) is 1. The Bertz CT molecular complexity index is 1090. The first kappa shape index (κ1) is 24.0. The van der Waals surface area contributed by atoms with Crippen molar-refractivity contribution in [1.29, 1.82) is 0 Å². The maximum Gasteiger partial charge on any atom is 0.295 e. The molecule has 1 atom stereocenters. The molecule has 2 aliphatic heterocycles. The van der Waals surface area contributed by atoms with Crippen LogP contribution in [0.1, 0.15) is 34.7 Å². The van der Waals surface area contributed by atoms with Crippen LogP contribution >= 0.6 is 0 Å². The summed E-state index contributed by atoms with van der Waals surface area (Å²) in [5.74, 6) is -0.668. The van der Waals surface area contributed by atoms with Crippen molar-refractivity contribution in [1.82, 2.24) is 9.80 Å². The van der Waals surface area contributed by atoms with Crippen LogP contribution in [0, 0.1) is 13.8 Å². The maximum absolute atomic E-state index is 13.2. The van der Waals surface area contributed by atoms with Crippen molar-refractivity contribution >= 4 is 17.4 Å². The summed E-state index contributed by atoms with van der Waals surface area (Å²) in [7, 11) is 1.59. The molecule has 2 heterocycles. The monoisotopic (exact) mass is 464 g/mol. The highest BCUT2D eigenvalue weighted by Gasteiger charge is 2.46. The van der Waals surface area contributed by atoms with Gasteiger partial charge in [0.2, 0.25) is 0 Å². The van der Waals surface area contributed by atoms with Gasteiger partial charge in [0, 0.05) is 31.7 Å². The van der Waals surface area contributed by atoms with Crippen LogP contribution in [0.15, 0.2) is 48.0 Å². The Kier molecular flexibility index (Phi) is 7.34. The van der Waals surface area contributed by atoms with Gasteiger partial charge in [0.15, 0.2) is 0 Å². The number of methoxy groups -OCH3 is 1. The van der Waals surface area contributed by atoms with Crippen LogP contribution in [0.25, 0.3) is 5.76 Å². The molecule has 2 saturated heterocycles. The number of aliphatic hydroxyl groups is 1. The lowest BCUT2D eigenvalue weighted by molar-refractivity contribution is -0.140. The Balaban J connectivity index is 1.70. The minimum Gasteiger partial charge on any atom is -0.507 e. The smallest absolute Gasteiger partial charge is 0.295 e. The number of carbonyl (C=O) groups is 2. The van der Waals surface area contributed by atoms with E-state index in [1.54, 1.807) is 24.1 Å². The van der Waals surface area contributed by atoms with Crippen molar-refractivity contribution in [3.05, 3.63) is 70.3 Å². The minimum absolute atomic E-state index is 0.129. The first-order valence-corrected chi connectivity index (χ1v) is 11.7. The molecule has 1 N–H and O–H groups in total. The first-order chi connectivity index (χ1) is 16.4. The van der Waals surface area contributed by atoms with E-state index in [0.717, 1.165) is 42.7 Å². The minimum atomic E-state index is -0.657. The van der Waals surface area contributed by atoms with Crippen molar-refractivity contribution in [3.8, 4) is 5.75 Å². The summed E-state index contributed by atoms with van der Waals surface area (Å²) in [6.45, 7) is 8.22. The molecule has 4 rings (SSSR count). The number of aliphatic hydroxyl groups excluding tert-OH is 1. The van der Waals surface area contributed by atoms with E-state index in [0.29, 0.717) is 31.1 Å². The Morgan fingerprint density at radius 3 is 2.44 bits per heavy atom. The summed E-state index contributed by atoms with van der Waals surface area (Å²) in [6, 6.07) is 12.4. The Morgan fingerprint density at radius 2 is 1.76 bits per heavy atom. The standard InChI is InChI=1S/C27H32N2O5/c1-18-5-6-19(2)22(17-18)25(30)23-24(20-7-9-21(33-3)10-8-20)29(27(32)26(23)31)12-4-11-28-13-15-34-16-14-28/h5-10,17,24,30H,4,11-16H2,1-3H3/t24-/m0/s1. The topological polar surface area (TPSA) is 79.3 Å².